The van der Waals surface area contributed by atoms with Gasteiger partial charge in [-0.1, -0.05) is 38.2 Å². The summed E-state index contributed by atoms with van der Waals surface area (Å²) in [6, 6.07) is -0.734. The van der Waals surface area contributed by atoms with E-state index in [1.807, 2.05) is 6.92 Å². The van der Waals surface area contributed by atoms with Crippen molar-refractivity contribution in [1.29, 1.82) is 0 Å². The van der Waals surface area contributed by atoms with E-state index >= 15 is 0 Å². The summed E-state index contributed by atoms with van der Waals surface area (Å²) in [5, 5.41) is 15.0. The van der Waals surface area contributed by atoms with E-state index < -0.39 is 12.0 Å². The standard InChI is InChI=1S/C15H28N2O2S2/c1-10(8-9-15(5,6)21(7)20)16-11(2)12(3)17-13(4)14(18)19/h11,13,16-17H,1,3,8-9H2,2,4-7H3,(H,18,19)/t11-,13-,21?/m0/s1. The van der Waals surface area contributed by atoms with E-state index in [9.17, 15) is 4.79 Å². The van der Waals surface area contributed by atoms with Gasteiger partial charge in [0.25, 0.3) is 0 Å². The molecule has 0 radical (unpaired) electrons. The van der Waals surface area contributed by atoms with Crippen molar-refractivity contribution in [1.82, 2.24) is 10.6 Å². The van der Waals surface area contributed by atoms with E-state index in [1.165, 1.54) is 0 Å². The molecule has 21 heavy (non-hydrogen) atoms. The molecule has 0 aromatic rings. The molecule has 0 fully saturated rings. The van der Waals surface area contributed by atoms with Crippen LogP contribution in [0.25, 0.3) is 0 Å². The van der Waals surface area contributed by atoms with Gasteiger partial charge in [0.1, 0.15) is 6.04 Å². The van der Waals surface area contributed by atoms with Gasteiger partial charge in [-0.25, -0.2) is 0 Å². The monoisotopic (exact) mass is 332 g/mol. The van der Waals surface area contributed by atoms with Crippen molar-refractivity contribution >= 4 is 26.6 Å². The molecule has 0 saturated heterocycles. The maximum absolute atomic E-state index is 10.8. The second-order valence-electron chi connectivity index (χ2n) is 5.91. The smallest absolute Gasteiger partial charge is 0.325 e. The third-order valence-electron chi connectivity index (χ3n) is 3.52. The Balaban J connectivity index is 4.30. The van der Waals surface area contributed by atoms with Gasteiger partial charge in [-0.05, 0) is 32.9 Å². The fourth-order valence-corrected chi connectivity index (χ4v) is 2.17. The topological polar surface area (TPSA) is 61.4 Å². The van der Waals surface area contributed by atoms with Crippen molar-refractivity contribution in [2.45, 2.75) is 57.4 Å². The van der Waals surface area contributed by atoms with E-state index in [0.29, 0.717) is 5.70 Å². The van der Waals surface area contributed by atoms with Gasteiger partial charge in [0.15, 0.2) is 0 Å². The first-order chi connectivity index (χ1) is 9.47. The van der Waals surface area contributed by atoms with E-state index in [1.54, 1.807) is 6.92 Å². The molecular formula is C15H28N2O2S2. The van der Waals surface area contributed by atoms with Gasteiger partial charge < -0.3 is 15.7 Å². The van der Waals surface area contributed by atoms with E-state index in [4.69, 9.17) is 16.3 Å². The van der Waals surface area contributed by atoms with Crippen LogP contribution in [0.2, 0.25) is 0 Å². The van der Waals surface area contributed by atoms with Gasteiger partial charge in [-0.2, -0.15) is 0 Å². The number of carboxylic acid groups (broad SMARTS) is 1. The highest BCUT2D eigenvalue weighted by Crippen LogP contribution is 2.20. The maximum atomic E-state index is 10.8. The highest BCUT2D eigenvalue weighted by Gasteiger charge is 2.20. The minimum absolute atomic E-state index is 0.0576. The lowest BCUT2D eigenvalue weighted by molar-refractivity contribution is -0.138. The van der Waals surface area contributed by atoms with Crippen molar-refractivity contribution in [2.24, 2.45) is 0 Å². The molecule has 0 bridgehead atoms. The third-order valence-corrected chi connectivity index (χ3v) is 6.64. The summed E-state index contributed by atoms with van der Waals surface area (Å²) in [4.78, 5) is 10.8. The highest BCUT2D eigenvalue weighted by molar-refractivity contribution is 8.29. The Morgan fingerprint density at radius 3 is 2.24 bits per heavy atom. The van der Waals surface area contributed by atoms with Crippen LogP contribution < -0.4 is 10.6 Å². The predicted molar refractivity (Wildman–Crippen MR) is 95.1 cm³/mol. The molecule has 3 atom stereocenters. The largest absolute Gasteiger partial charge is 0.480 e. The number of hydrogen-bond acceptors (Lipinski definition) is 4. The van der Waals surface area contributed by atoms with Crippen LogP contribution in [0.1, 0.15) is 40.5 Å². The predicted octanol–water partition coefficient (Wildman–Crippen LogP) is 2.32. The van der Waals surface area contributed by atoms with E-state index in [-0.39, 0.29) is 20.2 Å². The van der Waals surface area contributed by atoms with Crippen LogP contribution in [0, 0.1) is 0 Å². The molecule has 0 aliphatic rings. The molecule has 0 saturated carbocycles. The van der Waals surface area contributed by atoms with Crippen molar-refractivity contribution in [3.05, 3.63) is 24.6 Å². The molecule has 122 valence electrons. The molecule has 4 nitrogen and oxygen atoms in total. The average Bonchev–Trinajstić information content (AvgIpc) is 2.35. The molecule has 0 aliphatic carbocycles. The Labute approximate surface area is 135 Å². The number of nitrogens with one attached hydrogen (secondary N) is 2. The van der Waals surface area contributed by atoms with Crippen molar-refractivity contribution < 1.29 is 9.90 Å². The zero-order valence-corrected chi connectivity index (χ0v) is 15.3. The number of carboxylic acids is 1. The second-order valence-corrected chi connectivity index (χ2v) is 9.43. The number of rotatable bonds is 10. The SMILES string of the molecule is C=C(CCC(C)(C)S(C)=S)N[C@@H](C)C(=C)N[C@@H](C)C(=O)O. The average molecular weight is 333 g/mol. The van der Waals surface area contributed by atoms with Crippen LogP contribution in [0.5, 0.6) is 0 Å². The zero-order valence-electron chi connectivity index (χ0n) is 13.7. The van der Waals surface area contributed by atoms with Crippen molar-refractivity contribution in [3.8, 4) is 0 Å². The van der Waals surface area contributed by atoms with Crippen LogP contribution in [0.3, 0.4) is 0 Å². The molecule has 0 heterocycles. The highest BCUT2D eigenvalue weighted by atomic mass is 32.8. The molecule has 0 amide bonds. The summed E-state index contributed by atoms with van der Waals surface area (Å²) in [6.45, 7) is 15.8. The Kier molecular flexibility index (Phi) is 8.18. The summed E-state index contributed by atoms with van der Waals surface area (Å²) < 4.78 is 0.121. The number of aliphatic carboxylic acids is 1. The normalized spacial score (nSPS) is 15.7. The Morgan fingerprint density at radius 2 is 1.81 bits per heavy atom. The molecule has 0 aromatic heterocycles. The Morgan fingerprint density at radius 1 is 1.29 bits per heavy atom. The second kappa shape index (κ2) is 8.54. The first-order valence-corrected chi connectivity index (χ1v) is 9.49. The lowest BCUT2D eigenvalue weighted by atomic mass is 10.1. The molecule has 0 aromatic carbocycles. The van der Waals surface area contributed by atoms with E-state index in [2.05, 4.69) is 43.9 Å². The molecule has 3 N–H and O–H groups in total. The Bertz CT molecular complexity index is 433. The number of carbonyl (C=O) groups is 1. The van der Waals surface area contributed by atoms with Gasteiger partial charge in [0, 0.05) is 16.1 Å². The molecule has 0 spiro atoms. The fraction of sp³-hybridized carbons (Fsp3) is 0.667. The summed E-state index contributed by atoms with van der Waals surface area (Å²) in [6.07, 6.45) is 3.89. The van der Waals surface area contributed by atoms with Crippen LogP contribution in [0.4, 0.5) is 0 Å². The zero-order chi connectivity index (χ0) is 16.8. The minimum Gasteiger partial charge on any atom is -0.480 e. The summed E-state index contributed by atoms with van der Waals surface area (Å²) in [5.74, 6) is -0.899. The van der Waals surface area contributed by atoms with Crippen molar-refractivity contribution in [2.75, 3.05) is 6.26 Å². The molecule has 0 aliphatic heterocycles. The van der Waals surface area contributed by atoms with Gasteiger partial charge in [0.05, 0.1) is 6.04 Å². The van der Waals surface area contributed by atoms with Crippen LogP contribution in [-0.4, -0.2) is 34.2 Å². The van der Waals surface area contributed by atoms with Crippen molar-refractivity contribution in [3.63, 3.8) is 0 Å². The van der Waals surface area contributed by atoms with Gasteiger partial charge in [-0.15, -0.1) is 9.45 Å². The third kappa shape index (κ3) is 7.62. The lowest BCUT2D eigenvalue weighted by Gasteiger charge is -2.27. The maximum Gasteiger partial charge on any atom is 0.325 e. The van der Waals surface area contributed by atoms with E-state index in [0.717, 1.165) is 18.5 Å². The lowest BCUT2D eigenvalue weighted by Crippen LogP contribution is -2.40. The quantitative estimate of drug-likeness (QED) is 0.573. The molecule has 0 rings (SSSR count). The minimum atomic E-state index is -0.899. The van der Waals surface area contributed by atoms with Gasteiger partial charge >= 0.3 is 5.97 Å². The van der Waals surface area contributed by atoms with Gasteiger partial charge in [-0.3, -0.25) is 4.79 Å². The molecule has 6 heteroatoms. The first-order valence-electron chi connectivity index (χ1n) is 6.93. The Hall–Kier alpha value is -0.880. The number of allylic oxidation sites excluding steroid dienone is 1. The van der Waals surface area contributed by atoms with Crippen LogP contribution >= 0.6 is 0 Å². The molecular weight excluding hydrogens is 304 g/mol. The summed E-state index contributed by atoms with van der Waals surface area (Å²) in [7, 11) is -0.0576. The fourth-order valence-electron chi connectivity index (χ4n) is 1.53. The summed E-state index contributed by atoms with van der Waals surface area (Å²) in [5.41, 5.74) is 1.56. The molecule has 1 unspecified atom stereocenters. The first kappa shape index (κ1) is 20.1. The van der Waals surface area contributed by atoms with Crippen LogP contribution in [-0.2, 0) is 25.4 Å². The summed E-state index contributed by atoms with van der Waals surface area (Å²) >= 11 is 5.37. The van der Waals surface area contributed by atoms with Crippen LogP contribution in [0.15, 0.2) is 24.6 Å². The van der Waals surface area contributed by atoms with Gasteiger partial charge in [0.2, 0.25) is 0 Å². The number of hydrogen-bond donors (Lipinski definition) is 3.